The second kappa shape index (κ2) is 7.62. The van der Waals surface area contributed by atoms with Crippen molar-refractivity contribution >= 4 is 10.8 Å². The lowest BCUT2D eigenvalue weighted by Gasteiger charge is -2.21. The molecule has 0 saturated heterocycles. The Balaban J connectivity index is 2.48. The molecule has 0 saturated carbocycles. The maximum Gasteiger partial charge on any atom is 0.0486 e. The van der Waals surface area contributed by atoms with Crippen LogP contribution in [0.4, 0.5) is 0 Å². The lowest BCUT2D eigenvalue weighted by atomic mass is 10.0. The van der Waals surface area contributed by atoms with E-state index in [9.17, 15) is 4.21 Å². The molecule has 17 heavy (non-hydrogen) atoms. The fraction of sp³-hybridized carbons (Fsp3) is 0.571. The van der Waals surface area contributed by atoms with Crippen LogP contribution in [0.1, 0.15) is 25.8 Å². The van der Waals surface area contributed by atoms with E-state index in [0.717, 1.165) is 17.7 Å². The van der Waals surface area contributed by atoms with Gasteiger partial charge in [0.25, 0.3) is 0 Å². The van der Waals surface area contributed by atoms with Gasteiger partial charge in [0.05, 0.1) is 0 Å². The fourth-order valence-electron chi connectivity index (χ4n) is 1.84. The highest BCUT2D eigenvalue weighted by Crippen LogP contribution is 2.11. The molecule has 0 heterocycles. The van der Waals surface area contributed by atoms with Gasteiger partial charge in [0.1, 0.15) is 0 Å². The molecule has 0 radical (unpaired) electrons. The number of nitrogens with one attached hydrogen (secondary N) is 1. The second-order valence-electron chi connectivity index (χ2n) is 4.52. The molecular formula is C14H23NOS. The van der Waals surface area contributed by atoms with Crippen LogP contribution >= 0.6 is 0 Å². The highest BCUT2D eigenvalue weighted by atomic mass is 32.2. The van der Waals surface area contributed by atoms with Crippen molar-refractivity contribution in [1.82, 2.24) is 5.32 Å². The number of benzene rings is 1. The van der Waals surface area contributed by atoms with E-state index in [1.807, 2.05) is 37.4 Å². The Bertz CT molecular complexity index is 339. The van der Waals surface area contributed by atoms with Gasteiger partial charge >= 0.3 is 0 Å². The zero-order valence-corrected chi connectivity index (χ0v) is 11.8. The molecule has 96 valence electrons. The minimum Gasteiger partial charge on any atom is -0.316 e. The third-order valence-electron chi connectivity index (χ3n) is 3.24. The van der Waals surface area contributed by atoms with E-state index in [4.69, 9.17) is 0 Å². The minimum absolute atomic E-state index is 0.351. The molecule has 0 aromatic heterocycles. The van der Waals surface area contributed by atoms with Crippen molar-refractivity contribution in [3.05, 3.63) is 35.9 Å². The summed E-state index contributed by atoms with van der Waals surface area (Å²) in [5.74, 6) is 1.97. The van der Waals surface area contributed by atoms with Crippen LogP contribution in [-0.4, -0.2) is 23.1 Å². The van der Waals surface area contributed by atoms with Crippen LogP contribution in [0.5, 0.6) is 0 Å². The first kappa shape index (κ1) is 14.4. The van der Waals surface area contributed by atoms with Gasteiger partial charge in [-0.15, -0.1) is 0 Å². The van der Waals surface area contributed by atoms with E-state index in [1.54, 1.807) is 0 Å². The Morgan fingerprint density at radius 3 is 2.47 bits per heavy atom. The van der Waals surface area contributed by atoms with E-state index in [1.165, 1.54) is 0 Å². The number of hydrogen-bond donors (Lipinski definition) is 1. The lowest BCUT2D eigenvalue weighted by Crippen LogP contribution is -2.37. The molecule has 1 aromatic carbocycles. The van der Waals surface area contributed by atoms with Gasteiger partial charge in [-0.05, 0) is 18.5 Å². The molecule has 0 amide bonds. The van der Waals surface area contributed by atoms with E-state index in [-0.39, 0.29) is 0 Å². The summed E-state index contributed by atoms with van der Waals surface area (Å²) >= 11 is 0. The number of hydrogen-bond acceptors (Lipinski definition) is 2. The summed E-state index contributed by atoms with van der Waals surface area (Å²) in [6.45, 7) is 4.38. The molecular weight excluding hydrogens is 230 g/mol. The van der Waals surface area contributed by atoms with Crippen molar-refractivity contribution < 1.29 is 4.21 Å². The molecule has 0 fully saturated rings. The van der Waals surface area contributed by atoms with Gasteiger partial charge in [0.15, 0.2) is 0 Å². The highest BCUT2D eigenvalue weighted by Gasteiger charge is 2.16. The Kier molecular flexibility index (Phi) is 6.45. The normalized spacial score (nSPS) is 16.4. The predicted octanol–water partition coefficient (Wildman–Crippen LogP) is 2.57. The van der Waals surface area contributed by atoms with E-state index in [2.05, 4.69) is 19.2 Å². The molecule has 2 nitrogen and oxygen atoms in total. The van der Waals surface area contributed by atoms with Gasteiger partial charge in [-0.25, -0.2) is 0 Å². The van der Waals surface area contributed by atoms with Gasteiger partial charge in [0.2, 0.25) is 0 Å². The molecule has 1 rings (SSSR count). The molecule has 0 aliphatic heterocycles. The summed E-state index contributed by atoms with van der Waals surface area (Å²) in [7, 11) is 1.17. The minimum atomic E-state index is -0.786. The van der Waals surface area contributed by atoms with Crippen LogP contribution < -0.4 is 5.32 Å². The van der Waals surface area contributed by atoms with Crippen molar-refractivity contribution in [3.8, 4) is 0 Å². The van der Waals surface area contributed by atoms with E-state index >= 15 is 0 Å². The standard InChI is InChI=1S/C14H23NOS/c1-4-12(2)14(15-3)11-17(16)10-13-8-6-5-7-9-13/h5-9,12,14-15H,4,10-11H2,1-3H3. The first-order valence-corrected chi connectivity index (χ1v) is 7.72. The topological polar surface area (TPSA) is 29.1 Å². The molecule has 1 aromatic rings. The molecule has 0 aliphatic rings. The number of rotatable bonds is 7. The first-order chi connectivity index (χ1) is 8.17. The van der Waals surface area contributed by atoms with Crippen LogP contribution in [0, 0.1) is 5.92 Å². The summed E-state index contributed by atoms with van der Waals surface area (Å²) in [4.78, 5) is 0. The first-order valence-electron chi connectivity index (χ1n) is 6.23. The lowest BCUT2D eigenvalue weighted by molar-refractivity contribution is 0.418. The average Bonchev–Trinajstić information content (AvgIpc) is 2.36. The second-order valence-corrected chi connectivity index (χ2v) is 6.02. The van der Waals surface area contributed by atoms with E-state index < -0.39 is 10.8 Å². The van der Waals surface area contributed by atoms with Gasteiger partial charge in [-0.1, -0.05) is 50.6 Å². The molecule has 3 atom stereocenters. The summed E-state index contributed by atoms with van der Waals surface area (Å²) in [6, 6.07) is 10.4. The molecule has 3 unspecified atom stereocenters. The third-order valence-corrected chi connectivity index (χ3v) is 4.62. The summed E-state index contributed by atoms with van der Waals surface area (Å²) in [6.07, 6.45) is 1.12. The molecule has 0 aliphatic carbocycles. The molecule has 0 bridgehead atoms. The van der Waals surface area contributed by atoms with Gasteiger partial charge in [-0.3, -0.25) is 4.21 Å². The fourth-order valence-corrected chi connectivity index (χ4v) is 3.41. The Morgan fingerprint density at radius 1 is 1.29 bits per heavy atom. The highest BCUT2D eigenvalue weighted by molar-refractivity contribution is 7.84. The predicted molar refractivity (Wildman–Crippen MR) is 75.5 cm³/mol. The summed E-state index contributed by atoms with van der Waals surface area (Å²) in [5, 5.41) is 3.28. The molecule has 3 heteroatoms. The van der Waals surface area contributed by atoms with Crippen LogP contribution in [0.3, 0.4) is 0 Å². The zero-order chi connectivity index (χ0) is 12.7. The maximum absolute atomic E-state index is 12.1. The van der Waals surface area contributed by atoms with Crippen molar-refractivity contribution in [2.24, 2.45) is 5.92 Å². The summed E-state index contributed by atoms with van der Waals surface area (Å²) < 4.78 is 12.1. The molecule has 1 N–H and O–H groups in total. The molecule has 0 spiro atoms. The largest absolute Gasteiger partial charge is 0.316 e. The van der Waals surface area contributed by atoms with Crippen LogP contribution in [-0.2, 0) is 16.6 Å². The van der Waals surface area contributed by atoms with E-state index in [0.29, 0.717) is 17.7 Å². The third kappa shape index (κ3) is 5.00. The monoisotopic (exact) mass is 253 g/mol. The Labute approximate surface area is 107 Å². The van der Waals surface area contributed by atoms with Gasteiger partial charge in [-0.2, -0.15) is 0 Å². The zero-order valence-electron chi connectivity index (χ0n) is 11.0. The Hall–Kier alpha value is -0.670. The van der Waals surface area contributed by atoms with Crippen LogP contribution in [0.15, 0.2) is 30.3 Å². The van der Waals surface area contributed by atoms with Crippen LogP contribution in [0.2, 0.25) is 0 Å². The van der Waals surface area contributed by atoms with Crippen LogP contribution in [0.25, 0.3) is 0 Å². The van der Waals surface area contributed by atoms with Crippen molar-refractivity contribution in [2.45, 2.75) is 32.1 Å². The maximum atomic E-state index is 12.1. The summed E-state index contributed by atoms with van der Waals surface area (Å²) in [5.41, 5.74) is 1.16. The Morgan fingerprint density at radius 2 is 1.94 bits per heavy atom. The van der Waals surface area contributed by atoms with Gasteiger partial charge < -0.3 is 5.32 Å². The SMILES string of the molecule is CCC(C)C(CS(=O)Cc1ccccc1)NC. The van der Waals surface area contributed by atoms with Crippen molar-refractivity contribution in [3.63, 3.8) is 0 Å². The quantitative estimate of drug-likeness (QED) is 0.809. The van der Waals surface area contributed by atoms with Crippen molar-refractivity contribution in [1.29, 1.82) is 0 Å². The average molecular weight is 253 g/mol. The smallest absolute Gasteiger partial charge is 0.0486 e. The van der Waals surface area contributed by atoms with Crippen molar-refractivity contribution in [2.75, 3.05) is 12.8 Å². The van der Waals surface area contributed by atoms with Gasteiger partial charge in [0, 0.05) is 28.3 Å².